The van der Waals surface area contributed by atoms with E-state index in [2.05, 4.69) is 163 Å². The highest BCUT2D eigenvalue weighted by molar-refractivity contribution is 6.14. The number of rotatable bonds is 3. The SMILES string of the molecule is C.c1cc(-c2ccc3[nH]c4ccc(-c5ccc6ccccc6c5)cc4c3c2)cc(-c2cc3ccccc3c3ccccc23)c1. The van der Waals surface area contributed by atoms with E-state index >= 15 is 0 Å². The molecule has 0 aliphatic carbocycles. The first-order chi connectivity index (χ1) is 21.3. The standard InChI is InChI=1S/C42H27N.CH4/c1-2-9-28-22-30(17-16-27(28)8-1)32-19-21-42-40(25-32)39-24-31(18-20-41(39)43-42)29-11-7-12-33(23-29)38-26-34-10-3-4-13-35(34)36-14-5-6-15-37(36)38;/h1-26,43H;1H4. The van der Waals surface area contributed by atoms with E-state index in [4.69, 9.17) is 0 Å². The van der Waals surface area contributed by atoms with E-state index < -0.39 is 0 Å². The van der Waals surface area contributed by atoms with Crippen LogP contribution in [0, 0.1) is 0 Å². The third-order valence-corrected chi connectivity index (χ3v) is 8.96. The van der Waals surface area contributed by atoms with Crippen LogP contribution >= 0.6 is 0 Å². The number of H-pyrrole nitrogens is 1. The predicted molar refractivity (Wildman–Crippen MR) is 191 cm³/mol. The zero-order chi connectivity index (χ0) is 28.3. The Morgan fingerprint density at radius 2 is 0.841 bits per heavy atom. The first kappa shape index (κ1) is 26.0. The van der Waals surface area contributed by atoms with Crippen LogP contribution in [-0.4, -0.2) is 4.98 Å². The van der Waals surface area contributed by atoms with Gasteiger partial charge in [-0.1, -0.05) is 123 Å². The lowest BCUT2D eigenvalue weighted by molar-refractivity contribution is 1.54. The molecule has 1 N–H and O–H groups in total. The van der Waals surface area contributed by atoms with Crippen molar-refractivity contribution in [3.05, 3.63) is 158 Å². The van der Waals surface area contributed by atoms with Gasteiger partial charge in [-0.2, -0.15) is 0 Å². The molecule has 0 amide bonds. The summed E-state index contributed by atoms with van der Waals surface area (Å²) in [7, 11) is 0. The lowest BCUT2D eigenvalue weighted by Crippen LogP contribution is -1.86. The molecule has 9 rings (SSSR count). The average molecular weight is 562 g/mol. The second-order valence-electron chi connectivity index (χ2n) is 11.5. The van der Waals surface area contributed by atoms with Crippen molar-refractivity contribution in [1.82, 2.24) is 4.98 Å². The van der Waals surface area contributed by atoms with Gasteiger partial charge in [-0.25, -0.2) is 0 Å². The lowest BCUT2D eigenvalue weighted by atomic mass is 9.91. The summed E-state index contributed by atoms with van der Waals surface area (Å²) in [6.45, 7) is 0. The van der Waals surface area contributed by atoms with Crippen LogP contribution in [0.3, 0.4) is 0 Å². The van der Waals surface area contributed by atoms with Crippen molar-refractivity contribution in [1.29, 1.82) is 0 Å². The van der Waals surface area contributed by atoms with Gasteiger partial charge in [0.15, 0.2) is 0 Å². The Hall–Kier alpha value is -5.66. The van der Waals surface area contributed by atoms with Crippen molar-refractivity contribution in [2.24, 2.45) is 0 Å². The monoisotopic (exact) mass is 561 g/mol. The third-order valence-electron chi connectivity index (χ3n) is 8.96. The molecule has 1 heterocycles. The number of aromatic nitrogens is 1. The van der Waals surface area contributed by atoms with Crippen LogP contribution in [-0.2, 0) is 0 Å². The minimum absolute atomic E-state index is 0. The Labute approximate surface area is 257 Å². The Kier molecular flexibility index (Phi) is 6.06. The topological polar surface area (TPSA) is 15.8 Å². The van der Waals surface area contributed by atoms with Crippen molar-refractivity contribution in [2.75, 3.05) is 0 Å². The maximum Gasteiger partial charge on any atom is 0.0465 e. The van der Waals surface area contributed by atoms with Crippen molar-refractivity contribution < 1.29 is 0 Å². The number of benzene rings is 8. The van der Waals surface area contributed by atoms with Crippen LogP contribution < -0.4 is 0 Å². The van der Waals surface area contributed by atoms with Gasteiger partial charge in [0.2, 0.25) is 0 Å². The Morgan fingerprint density at radius 3 is 1.59 bits per heavy atom. The fourth-order valence-electron chi connectivity index (χ4n) is 6.78. The van der Waals surface area contributed by atoms with Crippen LogP contribution in [0.15, 0.2) is 158 Å². The summed E-state index contributed by atoms with van der Waals surface area (Å²) >= 11 is 0. The summed E-state index contributed by atoms with van der Waals surface area (Å²) in [6.07, 6.45) is 0. The first-order valence-corrected chi connectivity index (χ1v) is 14.8. The summed E-state index contributed by atoms with van der Waals surface area (Å²) < 4.78 is 0. The Morgan fingerprint density at radius 1 is 0.295 bits per heavy atom. The van der Waals surface area contributed by atoms with Gasteiger partial charge < -0.3 is 4.98 Å². The van der Waals surface area contributed by atoms with Crippen LogP contribution in [0.25, 0.3) is 87.5 Å². The molecule has 8 aromatic carbocycles. The van der Waals surface area contributed by atoms with Crippen molar-refractivity contribution in [2.45, 2.75) is 7.43 Å². The molecule has 9 aromatic rings. The van der Waals surface area contributed by atoms with Gasteiger partial charge in [-0.15, -0.1) is 0 Å². The molecule has 0 bridgehead atoms. The number of aromatic amines is 1. The molecule has 0 aliphatic rings. The highest BCUT2D eigenvalue weighted by Gasteiger charge is 2.12. The number of hydrogen-bond donors (Lipinski definition) is 1. The summed E-state index contributed by atoms with van der Waals surface area (Å²) in [5.74, 6) is 0. The van der Waals surface area contributed by atoms with Crippen molar-refractivity contribution in [3.63, 3.8) is 0 Å². The molecule has 0 atom stereocenters. The minimum Gasteiger partial charge on any atom is -0.355 e. The van der Waals surface area contributed by atoms with E-state index in [9.17, 15) is 0 Å². The second-order valence-corrected chi connectivity index (χ2v) is 11.5. The van der Waals surface area contributed by atoms with Crippen LogP contribution in [0.5, 0.6) is 0 Å². The summed E-state index contributed by atoms with van der Waals surface area (Å²) in [5, 5.41) is 10.2. The van der Waals surface area contributed by atoms with Crippen molar-refractivity contribution >= 4 is 54.1 Å². The molecule has 208 valence electrons. The smallest absolute Gasteiger partial charge is 0.0465 e. The van der Waals surface area contributed by atoms with E-state index in [1.807, 2.05) is 0 Å². The van der Waals surface area contributed by atoms with E-state index in [-0.39, 0.29) is 7.43 Å². The molecular formula is C43H31N. The molecule has 1 nitrogen and oxygen atoms in total. The molecule has 0 radical (unpaired) electrons. The van der Waals surface area contributed by atoms with Gasteiger partial charge in [-0.05, 0) is 108 Å². The van der Waals surface area contributed by atoms with E-state index in [1.165, 1.54) is 76.5 Å². The molecule has 0 saturated heterocycles. The molecule has 0 unspecified atom stereocenters. The van der Waals surface area contributed by atoms with Crippen LogP contribution in [0.4, 0.5) is 0 Å². The Balaban J connectivity index is 0.00000289. The number of fused-ring (bicyclic) bond motifs is 7. The fraction of sp³-hybridized carbons (Fsp3) is 0.0233. The molecule has 0 fully saturated rings. The first-order valence-electron chi connectivity index (χ1n) is 14.8. The van der Waals surface area contributed by atoms with E-state index in [1.54, 1.807) is 0 Å². The normalized spacial score (nSPS) is 11.5. The molecule has 1 aromatic heterocycles. The predicted octanol–water partition coefficient (Wildman–Crippen LogP) is 12.4. The van der Waals surface area contributed by atoms with Gasteiger partial charge in [0.05, 0.1) is 0 Å². The number of nitrogens with one attached hydrogen (secondary N) is 1. The molecular weight excluding hydrogens is 530 g/mol. The third kappa shape index (κ3) is 4.17. The molecule has 44 heavy (non-hydrogen) atoms. The van der Waals surface area contributed by atoms with Gasteiger partial charge in [0.1, 0.15) is 0 Å². The van der Waals surface area contributed by atoms with Crippen LogP contribution in [0.2, 0.25) is 0 Å². The minimum atomic E-state index is 0. The Bertz CT molecular complexity index is 2510. The number of hydrogen-bond acceptors (Lipinski definition) is 0. The quantitative estimate of drug-likeness (QED) is 0.207. The lowest BCUT2D eigenvalue weighted by Gasteiger charge is -2.12. The van der Waals surface area contributed by atoms with Crippen molar-refractivity contribution in [3.8, 4) is 33.4 Å². The average Bonchev–Trinajstić information content (AvgIpc) is 3.45. The van der Waals surface area contributed by atoms with Gasteiger partial charge in [0.25, 0.3) is 0 Å². The zero-order valence-corrected chi connectivity index (χ0v) is 23.5. The highest BCUT2D eigenvalue weighted by Crippen LogP contribution is 2.38. The summed E-state index contributed by atoms with van der Waals surface area (Å²) in [5.41, 5.74) is 9.73. The van der Waals surface area contributed by atoms with Gasteiger partial charge in [0, 0.05) is 21.8 Å². The molecule has 0 aliphatic heterocycles. The molecule has 0 spiro atoms. The maximum absolute atomic E-state index is 3.64. The molecule has 1 heteroatoms. The van der Waals surface area contributed by atoms with E-state index in [0.717, 1.165) is 11.0 Å². The van der Waals surface area contributed by atoms with E-state index in [0.29, 0.717) is 0 Å². The molecule has 0 saturated carbocycles. The summed E-state index contributed by atoms with van der Waals surface area (Å²) in [4.78, 5) is 3.64. The fourth-order valence-corrected chi connectivity index (χ4v) is 6.78. The van der Waals surface area contributed by atoms with Gasteiger partial charge >= 0.3 is 0 Å². The largest absolute Gasteiger partial charge is 0.355 e. The highest BCUT2D eigenvalue weighted by atomic mass is 14.7. The summed E-state index contributed by atoms with van der Waals surface area (Å²) in [6, 6.07) is 57.6. The second kappa shape index (κ2) is 10.3. The van der Waals surface area contributed by atoms with Crippen LogP contribution in [0.1, 0.15) is 7.43 Å². The zero-order valence-electron chi connectivity index (χ0n) is 23.5. The van der Waals surface area contributed by atoms with Gasteiger partial charge in [-0.3, -0.25) is 0 Å². The maximum atomic E-state index is 3.64.